The molecule has 3 rings (SSSR count). The fraction of sp³-hybridized carbons (Fsp3) is 0. The molecule has 0 unspecified atom stereocenters. The second kappa shape index (κ2) is 7.78. The monoisotopic (exact) mass is 418 g/mol. The van der Waals surface area contributed by atoms with Crippen molar-refractivity contribution in [3.8, 4) is 11.5 Å². The predicted octanol–water partition coefficient (Wildman–Crippen LogP) is 7.49. The third kappa shape index (κ3) is 3.92. The molecule has 0 bridgehead atoms. The molecule has 3 aromatic rings. The molecule has 0 saturated heterocycles. The second-order valence-electron chi connectivity index (χ2n) is 5.03. The first-order valence-electron chi connectivity index (χ1n) is 7.09. The van der Waals surface area contributed by atoms with Crippen LogP contribution in [0.5, 0.6) is 11.5 Å². The molecule has 0 amide bonds. The molecule has 0 aliphatic rings. The van der Waals surface area contributed by atoms with Crippen LogP contribution < -0.4 is 4.74 Å². The van der Waals surface area contributed by atoms with Crippen molar-refractivity contribution < 1.29 is 22.3 Å². The van der Waals surface area contributed by atoms with Crippen LogP contribution >= 0.6 is 35.0 Å². The molecule has 3 aromatic carbocycles. The Balaban J connectivity index is 1.98. The van der Waals surface area contributed by atoms with Crippen molar-refractivity contribution in [3.63, 3.8) is 0 Å². The summed E-state index contributed by atoms with van der Waals surface area (Å²) in [7, 11) is 0. The molecule has 0 fully saturated rings. The third-order valence-corrected chi connectivity index (χ3v) is 4.82. The standard InChI is InChI=1S/C18H8Cl2F4OS/c19-9-1-5-11(6-2-9)25-17-13(21)15(23)18(16(24)14(17)22)26-12-7-3-10(20)4-8-12/h1-8H. The van der Waals surface area contributed by atoms with Gasteiger partial charge in [-0.3, -0.25) is 0 Å². The topological polar surface area (TPSA) is 9.23 Å². The van der Waals surface area contributed by atoms with Gasteiger partial charge in [-0.15, -0.1) is 0 Å². The highest BCUT2D eigenvalue weighted by atomic mass is 35.5. The van der Waals surface area contributed by atoms with E-state index in [0.29, 0.717) is 26.7 Å². The summed E-state index contributed by atoms with van der Waals surface area (Å²) >= 11 is 12.0. The Labute approximate surface area is 160 Å². The van der Waals surface area contributed by atoms with Gasteiger partial charge < -0.3 is 4.74 Å². The predicted molar refractivity (Wildman–Crippen MR) is 93.4 cm³/mol. The zero-order valence-corrected chi connectivity index (χ0v) is 15.0. The largest absolute Gasteiger partial charge is 0.451 e. The molecule has 0 spiro atoms. The van der Waals surface area contributed by atoms with Crippen LogP contribution in [0.15, 0.2) is 58.3 Å². The van der Waals surface area contributed by atoms with Crippen molar-refractivity contribution in [1.29, 1.82) is 0 Å². The van der Waals surface area contributed by atoms with Gasteiger partial charge in [-0.1, -0.05) is 35.0 Å². The maximum Gasteiger partial charge on any atom is 0.205 e. The lowest BCUT2D eigenvalue weighted by atomic mass is 10.2. The van der Waals surface area contributed by atoms with Crippen LogP contribution in [0.25, 0.3) is 0 Å². The van der Waals surface area contributed by atoms with Crippen LogP contribution in [0, 0.1) is 23.3 Å². The Bertz CT molecular complexity index is 839. The van der Waals surface area contributed by atoms with Gasteiger partial charge in [0.15, 0.2) is 11.6 Å². The van der Waals surface area contributed by atoms with Crippen LogP contribution in [0.2, 0.25) is 10.0 Å². The summed E-state index contributed by atoms with van der Waals surface area (Å²) in [6.45, 7) is 0. The Hall–Kier alpha value is -1.89. The van der Waals surface area contributed by atoms with Gasteiger partial charge in [-0.2, -0.15) is 8.78 Å². The Kier molecular flexibility index (Phi) is 5.65. The van der Waals surface area contributed by atoms with Gasteiger partial charge in [-0.25, -0.2) is 8.78 Å². The van der Waals surface area contributed by atoms with E-state index in [4.69, 9.17) is 27.9 Å². The summed E-state index contributed by atoms with van der Waals surface area (Å²) in [6, 6.07) is 11.4. The Morgan fingerprint density at radius 2 is 1.12 bits per heavy atom. The highest BCUT2D eigenvalue weighted by molar-refractivity contribution is 7.99. The van der Waals surface area contributed by atoms with Crippen molar-refractivity contribution in [1.82, 2.24) is 0 Å². The van der Waals surface area contributed by atoms with E-state index >= 15 is 0 Å². The zero-order chi connectivity index (χ0) is 18.8. The summed E-state index contributed by atoms with van der Waals surface area (Å²) in [5.74, 6) is -7.54. The fourth-order valence-corrected chi connectivity index (χ4v) is 3.13. The molecule has 0 N–H and O–H groups in total. The fourth-order valence-electron chi connectivity index (χ4n) is 2.01. The molecular formula is C18H8Cl2F4OS. The quantitative estimate of drug-likeness (QED) is 0.320. The number of ether oxygens (including phenoxy) is 1. The lowest BCUT2D eigenvalue weighted by Crippen LogP contribution is -2.03. The van der Waals surface area contributed by atoms with Crippen molar-refractivity contribution >= 4 is 35.0 Å². The first-order chi connectivity index (χ1) is 12.4. The number of hydrogen-bond acceptors (Lipinski definition) is 2. The van der Waals surface area contributed by atoms with E-state index in [-0.39, 0.29) is 5.75 Å². The van der Waals surface area contributed by atoms with Crippen LogP contribution in [-0.2, 0) is 0 Å². The summed E-state index contributed by atoms with van der Waals surface area (Å²) in [4.78, 5) is -0.455. The Morgan fingerprint density at radius 1 is 0.654 bits per heavy atom. The van der Waals surface area contributed by atoms with Gasteiger partial charge >= 0.3 is 0 Å². The first kappa shape index (κ1) is 18.9. The van der Waals surface area contributed by atoms with Crippen molar-refractivity contribution in [3.05, 3.63) is 81.8 Å². The number of halogens is 6. The second-order valence-corrected chi connectivity index (χ2v) is 6.98. The molecule has 0 aliphatic heterocycles. The smallest absolute Gasteiger partial charge is 0.205 e. The minimum atomic E-state index is -1.63. The summed E-state index contributed by atoms with van der Waals surface area (Å²) in [5, 5.41) is 0.782. The number of hydrogen-bond donors (Lipinski definition) is 0. The average molecular weight is 419 g/mol. The molecule has 0 aromatic heterocycles. The molecule has 0 heterocycles. The van der Waals surface area contributed by atoms with E-state index < -0.39 is 33.9 Å². The van der Waals surface area contributed by atoms with E-state index in [1.807, 2.05) is 0 Å². The van der Waals surface area contributed by atoms with Crippen LogP contribution in [0.3, 0.4) is 0 Å². The maximum absolute atomic E-state index is 14.3. The first-order valence-corrected chi connectivity index (χ1v) is 8.67. The maximum atomic E-state index is 14.3. The number of benzene rings is 3. The average Bonchev–Trinajstić information content (AvgIpc) is 2.64. The van der Waals surface area contributed by atoms with Crippen molar-refractivity contribution in [2.75, 3.05) is 0 Å². The molecule has 0 saturated carbocycles. The van der Waals surface area contributed by atoms with E-state index in [1.54, 1.807) is 0 Å². The van der Waals surface area contributed by atoms with E-state index in [0.717, 1.165) is 0 Å². The van der Waals surface area contributed by atoms with Crippen LogP contribution in [0.1, 0.15) is 0 Å². The molecular weight excluding hydrogens is 411 g/mol. The normalized spacial score (nSPS) is 10.8. The van der Waals surface area contributed by atoms with E-state index in [9.17, 15) is 17.6 Å². The van der Waals surface area contributed by atoms with Gasteiger partial charge in [0.05, 0.1) is 4.90 Å². The van der Waals surface area contributed by atoms with E-state index in [2.05, 4.69) is 0 Å². The Morgan fingerprint density at radius 3 is 1.62 bits per heavy atom. The van der Waals surface area contributed by atoms with Crippen LogP contribution in [0.4, 0.5) is 17.6 Å². The molecule has 0 atom stereocenters. The minimum absolute atomic E-state index is 0.0240. The molecule has 134 valence electrons. The third-order valence-electron chi connectivity index (χ3n) is 3.25. The summed E-state index contributed by atoms with van der Waals surface area (Å²) < 4.78 is 62.1. The van der Waals surface area contributed by atoms with Gasteiger partial charge in [0, 0.05) is 14.9 Å². The van der Waals surface area contributed by atoms with E-state index in [1.165, 1.54) is 48.5 Å². The highest BCUT2D eigenvalue weighted by Crippen LogP contribution is 2.40. The molecule has 0 aliphatic carbocycles. The minimum Gasteiger partial charge on any atom is -0.451 e. The van der Waals surface area contributed by atoms with Crippen LogP contribution in [-0.4, -0.2) is 0 Å². The van der Waals surface area contributed by atoms with Gasteiger partial charge in [-0.05, 0) is 48.5 Å². The molecule has 26 heavy (non-hydrogen) atoms. The van der Waals surface area contributed by atoms with Gasteiger partial charge in [0.1, 0.15) is 5.75 Å². The lowest BCUT2D eigenvalue weighted by Gasteiger charge is -2.12. The zero-order valence-electron chi connectivity index (χ0n) is 12.7. The van der Waals surface area contributed by atoms with Gasteiger partial charge in [0.25, 0.3) is 0 Å². The van der Waals surface area contributed by atoms with Crippen molar-refractivity contribution in [2.45, 2.75) is 9.79 Å². The summed E-state index contributed by atoms with van der Waals surface area (Å²) in [6.07, 6.45) is 0. The SMILES string of the molecule is Fc1c(F)c(Sc2ccc(Cl)cc2)c(F)c(F)c1Oc1ccc(Cl)cc1. The lowest BCUT2D eigenvalue weighted by molar-refractivity contribution is 0.353. The molecule has 1 nitrogen and oxygen atoms in total. The molecule has 8 heteroatoms. The molecule has 0 radical (unpaired) electrons. The number of rotatable bonds is 4. The highest BCUT2D eigenvalue weighted by Gasteiger charge is 2.27. The van der Waals surface area contributed by atoms with Gasteiger partial charge in [0.2, 0.25) is 17.4 Å². The van der Waals surface area contributed by atoms with Crippen molar-refractivity contribution in [2.24, 2.45) is 0 Å². The summed E-state index contributed by atoms with van der Waals surface area (Å²) in [5.41, 5.74) is 0.